The van der Waals surface area contributed by atoms with E-state index in [0.717, 1.165) is 22.5 Å². The van der Waals surface area contributed by atoms with Crippen molar-refractivity contribution in [2.24, 2.45) is 7.05 Å². The molecule has 0 saturated heterocycles. The molecule has 0 amide bonds. The van der Waals surface area contributed by atoms with Crippen molar-refractivity contribution in [3.63, 3.8) is 0 Å². The van der Waals surface area contributed by atoms with Crippen molar-refractivity contribution in [1.82, 2.24) is 29.3 Å². The molecule has 0 spiro atoms. The van der Waals surface area contributed by atoms with Crippen molar-refractivity contribution in [3.05, 3.63) is 90.7 Å². The van der Waals surface area contributed by atoms with Crippen LogP contribution in [-0.2, 0) is 7.05 Å². The summed E-state index contributed by atoms with van der Waals surface area (Å²) in [5.41, 5.74) is 2.23. The summed E-state index contributed by atoms with van der Waals surface area (Å²) in [4.78, 5) is 13.4. The van der Waals surface area contributed by atoms with Crippen molar-refractivity contribution in [1.29, 1.82) is 0 Å². The molecule has 0 aliphatic rings. The number of imidazole rings is 1. The van der Waals surface area contributed by atoms with Gasteiger partial charge in [-0.15, -0.1) is 0 Å². The lowest BCUT2D eigenvalue weighted by molar-refractivity contribution is 0.408. The topological polar surface area (TPSA) is 82.7 Å². The number of aromatic nitrogens is 6. The van der Waals surface area contributed by atoms with Gasteiger partial charge in [-0.3, -0.25) is 0 Å². The molecule has 160 valence electrons. The van der Waals surface area contributed by atoms with E-state index in [0.29, 0.717) is 17.2 Å². The van der Waals surface area contributed by atoms with Gasteiger partial charge >= 0.3 is 0 Å². The van der Waals surface area contributed by atoms with Crippen LogP contribution in [0.1, 0.15) is 17.4 Å². The van der Waals surface area contributed by atoms with Gasteiger partial charge in [-0.25, -0.2) is 24.0 Å². The van der Waals surface area contributed by atoms with E-state index < -0.39 is 0 Å². The van der Waals surface area contributed by atoms with Gasteiger partial charge in [-0.2, -0.15) is 5.10 Å². The molecule has 5 aromatic rings. The number of aryl methyl sites for hydroxylation is 1. The molecule has 0 unspecified atom stereocenters. The zero-order chi connectivity index (χ0) is 22.1. The maximum atomic E-state index is 13.4. The predicted molar refractivity (Wildman–Crippen MR) is 118 cm³/mol. The van der Waals surface area contributed by atoms with Crippen LogP contribution in [0.15, 0.2) is 73.4 Å². The molecule has 5 rings (SSSR count). The highest BCUT2D eigenvalue weighted by molar-refractivity contribution is 5.87. The lowest BCUT2D eigenvalue weighted by Gasteiger charge is -2.22. The van der Waals surface area contributed by atoms with Gasteiger partial charge in [0.2, 0.25) is 0 Å². The maximum absolute atomic E-state index is 13.4. The lowest BCUT2D eigenvalue weighted by atomic mass is 10.0. The molecule has 32 heavy (non-hydrogen) atoms. The van der Waals surface area contributed by atoms with Crippen LogP contribution in [0.3, 0.4) is 0 Å². The van der Waals surface area contributed by atoms with E-state index in [1.807, 2.05) is 42.1 Å². The number of nitrogens with zero attached hydrogens (tertiary/aromatic N) is 6. The number of methoxy groups -OCH3 is 1. The van der Waals surface area contributed by atoms with Gasteiger partial charge < -0.3 is 14.6 Å². The summed E-state index contributed by atoms with van der Waals surface area (Å²) in [6.45, 7) is 0. The SMILES string of the molecule is COc1ccccc1[C@@H](Nc1ncnc2c1cnn2-c1ccc(F)cc1)c1nccn1C. The van der Waals surface area contributed by atoms with Crippen LogP contribution in [0.4, 0.5) is 10.2 Å². The minimum absolute atomic E-state index is 0.308. The van der Waals surface area contributed by atoms with Crippen LogP contribution in [0.2, 0.25) is 0 Å². The van der Waals surface area contributed by atoms with Crippen LogP contribution in [0, 0.1) is 5.82 Å². The monoisotopic (exact) mass is 429 g/mol. The van der Waals surface area contributed by atoms with E-state index in [-0.39, 0.29) is 11.9 Å². The Morgan fingerprint density at radius 3 is 2.59 bits per heavy atom. The van der Waals surface area contributed by atoms with E-state index >= 15 is 0 Å². The second-order valence-corrected chi connectivity index (χ2v) is 7.21. The standard InChI is InChI=1S/C23H20FN7O/c1-30-12-11-25-23(30)20(17-5-3-4-6-19(17)32-2)29-21-18-13-28-31(22(18)27-14-26-21)16-9-7-15(24)8-10-16/h3-14,20H,1-2H3,(H,26,27,29)/t20-/m1/s1. The molecule has 0 fully saturated rings. The number of para-hydroxylation sites is 1. The summed E-state index contributed by atoms with van der Waals surface area (Å²) >= 11 is 0. The third-order valence-corrected chi connectivity index (χ3v) is 5.28. The van der Waals surface area contributed by atoms with Gasteiger partial charge in [0, 0.05) is 25.0 Å². The van der Waals surface area contributed by atoms with Crippen molar-refractivity contribution < 1.29 is 9.13 Å². The number of fused-ring (bicyclic) bond motifs is 1. The minimum atomic E-state index is -0.335. The molecule has 9 heteroatoms. The summed E-state index contributed by atoms with van der Waals surface area (Å²) in [5, 5.41) is 8.69. The average molecular weight is 429 g/mol. The van der Waals surface area contributed by atoms with E-state index in [9.17, 15) is 4.39 Å². The van der Waals surface area contributed by atoms with Crippen LogP contribution >= 0.6 is 0 Å². The Labute approximate surface area is 183 Å². The second kappa shape index (κ2) is 8.10. The summed E-state index contributed by atoms with van der Waals surface area (Å²) in [6.07, 6.45) is 6.81. The van der Waals surface area contributed by atoms with Gasteiger partial charge in [0.05, 0.1) is 24.4 Å². The zero-order valence-corrected chi connectivity index (χ0v) is 17.5. The molecule has 1 atom stereocenters. The van der Waals surface area contributed by atoms with Gasteiger partial charge in [-0.1, -0.05) is 18.2 Å². The third kappa shape index (κ3) is 3.43. The molecule has 0 aliphatic carbocycles. The highest BCUT2D eigenvalue weighted by Gasteiger charge is 2.24. The molecule has 0 aliphatic heterocycles. The van der Waals surface area contributed by atoms with Crippen LogP contribution in [0.5, 0.6) is 5.75 Å². The maximum Gasteiger partial charge on any atom is 0.168 e. The molecule has 1 N–H and O–H groups in total. The summed E-state index contributed by atoms with van der Waals surface area (Å²) in [7, 11) is 3.58. The second-order valence-electron chi connectivity index (χ2n) is 7.21. The number of ether oxygens (including phenoxy) is 1. The first-order chi connectivity index (χ1) is 15.7. The van der Waals surface area contributed by atoms with Crippen molar-refractivity contribution >= 4 is 16.9 Å². The Kier molecular flexibility index (Phi) is 4.98. The summed E-state index contributed by atoms with van der Waals surface area (Å²) < 4.78 is 22.6. The fraction of sp³-hybridized carbons (Fsp3) is 0.130. The predicted octanol–water partition coefficient (Wildman–Crippen LogP) is 3.90. The Morgan fingerprint density at radius 2 is 1.84 bits per heavy atom. The Balaban J connectivity index is 1.61. The van der Waals surface area contributed by atoms with Crippen LogP contribution in [0.25, 0.3) is 16.7 Å². The molecule has 0 radical (unpaired) electrons. The number of hydrogen-bond donors (Lipinski definition) is 1. The largest absolute Gasteiger partial charge is 0.496 e. The first-order valence-electron chi connectivity index (χ1n) is 9.97. The van der Waals surface area contributed by atoms with Gasteiger partial charge in [0.1, 0.15) is 35.6 Å². The zero-order valence-electron chi connectivity index (χ0n) is 17.5. The molecule has 3 heterocycles. The molecule has 8 nitrogen and oxygen atoms in total. The molecular formula is C23H20FN7O. The number of hydrogen-bond acceptors (Lipinski definition) is 6. The minimum Gasteiger partial charge on any atom is -0.496 e. The Bertz CT molecular complexity index is 1380. The van der Waals surface area contributed by atoms with Crippen molar-refractivity contribution in [3.8, 4) is 11.4 Å². The number of benzene rings is 2. The van der Waals surface area contributed by atoms with Crippen LogP contribution in [-0.4, -0.2) is 36.4 Å². The van der Waals surface area contributed by atoms with E-state index in [1.165, 1.54) is 18.5 Å². The summed E-state index contributed by atoms with van der Waals surface area (Å²) in [5.74, 6) is 1.83. The van der Waals surface area contributed by atoms with Gasteiger partial charge in [-0.05, 0) is 30.3 Å². The molecular weight excluding hydrogens is 409 g/mol. The van der Waals surface area contributed by atoms with E-state index in [1.54, 1.807) is 36.3 Å². The number of anilines is 1. The average Bonchev–Trinajstić information content (AvgIpc) is 3.45. The van der Waals surface area contributed by atoms with Crippen molar-refractivity contribution in [2.75, 3.05) is 12.4 Å². The van der Waals surface area contributed by atoms with Gasteiger partial charge in [0.15, 0.2) is 5.65 Å². The van der Waals surface area contributed by atoms with E-state index in [2.05, 4.69) is 25.4 Å². The smallest absolute Gasteiger partial charge is 0.168 e. The third-order valence-electron chi connectivity index (χ3n) is 5.28. The molecule has 0 saturated carbocycles. The Morgan fingerprint density at radius 1 is 1.03 bits per heavy atom. The molecule has 2 aromatic carbocycles. The normalized spacial score (nSPS) is 12.1. The lowest BCUT2D eigenvalue weighted by Crippen LogP contribution is -2.18. The number of nitrogens with one attached hydrogen (secondary N) is 1. The number of halogens is 1. The highest BCUT2D eigenvalue weighted by Crippen LogP contribution is 2.33. The highest BCUT2D eigenvalue weighted by atomic mass is 19.1. The first kappa shape index (κ1) is 19.7. The fourth-order valence-corrected chi connectivity index (χ4v) is 3.71. The fourth-order valence-electron chi connectivity index (χ4n) is 3.71. The molecule has 3 aromatic heterocycles. The van der Waals surface area contributed by atoms with E-state index in [4.69, 9.17) is 4.74 Å². The molecule has 0 bridgehead atoms. The van der Waals surface area contributed by atoms with Gasteiger partial charge in [0.25, 0.3) is 0 Å². The first-order valence-corrected chi connectivity index (χ1v) is 9.97. The number of rotatable bonds is 6. The summed E-state index contributed by atoms with van der Waals surface area (Å²) in [6, 6.07) is 13.5. The quantitative estimate of drug-likeness (QED) is 0.441. The van der Waals surface area contributed by atoms with Crippen LogP contribution < -0.4 is 10.1 Å². The van der Waals surface area contributed by atoms with Crippen molar-refractivity contribution in [2.45, 2.75) is 6.04 Å². The Hall–Kier alpha value is -4.27.